The number of thiophene rings is 2. The van der Waals surface area contributed by atoms with E-state index in [2.05, 4.69) is 58.7 Å². The van der Waals surface area contributed by atoms with Crippen molar-refractivity contribution in [3.63, 3.8) is 0 Å². The minimum atomic E-state index is 0.0941. The quantitative estimate of drug-likeness (QED) is 0.193. The van der Waals surface area contributed by atoms with Gasteiger partial charge >= 0.3 is 0 Å². The summed E-state index contributed by atoms with van der Waals surface area (Å²) in [4.78, 5) is 22.4. The summed E-state index contributed by atoms with van der Waals surface area (Å²) in [6.07, 6.45) is 6.62. The highest BCUT2D eigenvalue weighted by molar-refractivity contribution is 7.23. The van der Waals surface area contributed by atoms with Crippen LogP contribution in [0, 0.1) is 35.0 Å². The van der Waals surface area contributed by atoms with Crippen LogP contribution in [0.2, 0.25) is 0 Å². The Labute approximate surface area is 218 Å². The highest BCUT2D eigenvalue weighted by atomic mass is 32.1. The molecule has 2 aliphatic carbocycles. The predicted molar refractivity (Wildman–Crippen MR) is 149 cm³/mol. The van der Waals surface area contributed by atoms with Gasteiger partial charge in [0.2, 0.25) is 0 Å². The third-order valence-electron chi connectivity index (χ3n) is 7.80. The highest BCUT2D eigenvalue weighted by Crippen LogP contribution is 2.56. The van der Waals surface area contributed by atoms with Crippen molar-refractivity contribution >= 4 is 34.4 Å². The first-order valence-electron chi connectivity index (χ1n) is 12.8. The van der Waals surface area contributed by atoms with Gasteiger partial charge in [0, 0.05) is 29.3 Å². The standard InChI is InChI=1S/C28H38N4OS2/c1-4-6-21-8-10-23(34-21)24-11-12-25(35-24)26(33)22-9-7-19(18-32-27(29)30-3)15-28(22)14-13-20(16-28)17-31-5-2/h8,10-12,19-20,22,31H,5,7,9,13-18H2,1-3H3,(H3,29,30,32)/t19-,20+,22+,28+/m0/s1. The third-order valence-corrected chi connectivity index (χ3v) is 10.1. The number of aliphatic imine (C=N–C) groups is 1. The van der Waals surface area contributed by atoms with Crippen molar-refractivity contribution in [2.45, 2.75) is 52.4 Å². The number of guanidine groups is 1. The zero-order valence-electron chi connectivity index (χ0n) is 21.2. The van der Waals surface area contributed by atoms with Gasteiger partial charge in [0.05, 0.1) is 9.75 Å². The number of nitrogens with two attached hydrogens (primary N) is 1. The fraction of sp³-hybridized carbons (Fsp3) is 0.571. The lowest BCUT2D eigenvalue weighted by Crippen LogP contribution is -2.44. The van der Waals surface area contributed by atoms with Crippen LogP contribution in [0.1, 0.15) is 66.9 Å². The van der Waals surface area contributed by atoms with Crippen LogP contribution in [-0.4, -0.2) is 38.4 Å². The van der Waals surface area contributed by atoms with Crippen LogP contribution in [0.25, 0.3) is 9.75 Å². The molecule has 4 rings (SSSR count). The molecule has 0 aliphatic heterocycles. The van der Waals surface area contributed by atoms with Crippen LogP contribution in [0.4, 0.5) is 0 Å². The van der Waals surface area contributed by atoms with E-state index in [1.807, 2.05) is 6.92 Å². The van der Waals surface area contributed by atoms with Crippen LogP contribution >= 0.6 is 22.7 Å². The molecule has 0 aromatic carbocycles. The fourth-order valence-corrected chi connectivity index (χ4v) is 8.17. The summed E-state index contributed by atoms with van der Waals surface area (Å²) >= 11 is 3.35. The number of hydrogen-bond donors (Lipinski definition) is 3. The van der Waals surface area contributed by atoms with Gasteiger partial charge in [0.15, 0.2) is 11.7 Å². The number of Topliss-reactive ketones (excluding diaryl/α,β-unsaturated/α-hetero) is 1. The molecular formula is C28H38N4OS2. The molecule has 5 nitrogen and oxygen atoms in total. The average Bonchev–Trinajstić information content (AvgIpc) is 3.61. The van der Waals surface area contributed by atoms with Gasteiger partial charge in [-0.3, -0.25) is 9.79 Å². The van der Waals surface area contributed by atoms with E-state index in [9.17, 15) is 4.79 Å². The Hall–Kier alpha value is -2.14. The topological polar surface area (TPSA) is 79.5 Å². The molecule has 4 atom stereocenters. The molecule has 4 N–H and O–H groups in total. The molecule has 0 saturated heterocycles. The number of carbonyl (C=O) groups is 1. The van der Waals surface area contributed by atoms with Gasteiger partial charge in [0.1, 0.15) is 0 Å². The summed E-state index contributed by atoms with van der Waals surface area (Å²) in [6.45, 7) is 6.93. The molecule has 35 heavy (non-hydrogen) atoms. The van der Waals surface area contributed by atoms with Crippen molar-refractivity contribution in [2.24, 2.45) is 33.9 Å². The zero-order chi connectivity index (χ0) is 24.8. The second-order valence-electron chi connectivity index (χ2n) is 10.0. The van der Waals surface area contributed by atoms with Gasteiger partial charge in [-0.15, -0.1) is 28.6 Å². The Bertz CT molecular complexity index is 1110. The van der Waals surface area contributed by atoms with Crippen LogP contribution < -0.4 is 16.4 Å². The number of carbonyl (C=O) groups excluding carboxylic acids is 1. The van der Waals surface area contributed by atoms with Gasteiger partial charge in [-0.1, -0.05) is 12.8 Å². The summed E-state index contributed by atoms with van der Waals surface area (Å²) in [5.41, 5.74) is 6.00. The minimum absolute atomic E-state index is 0.0941. The van der Waals surface area contributed by atoms with Crippen LogP contribution in [0.15, 0.2) is 29.3 Å². The largest absolute Gasteiger partial charge is 0.370 e. The number of nitrogens with zero attached hydrogens (tertiary/aromatic N) is 1. The average molecular weight is 511 g/mol. The second-order valence-corrected chi connectivity index (χ2v) is 12.2. The molecule has 2 aliphatic rings. The number of nitrogens with one attached hydrogen (secondary N) is 2. The van der Waals surface area contributed by atoms with Crippen molar-refractivity contribution in [1.82, 2.24) is 10.6 Å². The first kappa shape index (κ1) is 25.9. The summed E-state index contributed by atoms with van der Waals surface area (Å²) in [7, 11) is 1.71. The predicted octanol–water partition coefficient (Wildman–Crippen LogP) is 5.38. The van der Waals surface area contributed by atoms with Crippen LogP contribution in [-0.2, 0) is 0 Å². The molecule has 188 valence electrons. The van der Waals surface area contributed by atoms with E-state index in [0.717, 1.165) is 61.5 Å². The Morgan fingerprint density at radius 2 is 1.86 bits per heavy atom. The zero-order valence-corrected chi connectivity index (χ0v) is 22.8. The van der Waals surface area contributed by atoms with Crippen molar-refractivity contribution in [3.05, 3.63) is 34.0 Å². The summed E-state index contributed by atoms with van der Waals surface area (Å²) in [5, 5.41) is 6.83. The molecule has 2 aromatic heterocycles. The number of ketones is 1. The molecule has 2 aromatic rings. The van der Waals surface area contributed by atoms with Crippen molar-refractivity contribution in [1.29, 1.82) is 0 Å². The molecule has 2 heterocycles. The molecule has 2 saturated carbocycles. The van der Waals surface area contributed by atoms with E-state index in [0.29, 0.717) is 23.6 Å². The Balaban J connectivity index is 1.53. The first-order valence-corrected chi connectivity index (χ1v) is 14.4. The van der Waals surface area contributed by atoms with Crippen molar-refractivity contribution < 1.29 is 4.79 Å². The molecule has 0 bridgehead atoms. The summed E-state index contributed by atoms with van der Waals surface area (Å²) in [5.74, 6) is 8.26. The van der Waals surface area contributed by atoms with Gasteiger partial charge < -0.3 is 16.4 Å². The maximum atomic E-state index is 14.0. The van der Waals surface area contributed by atoms with Crippen molar-refractivity contribution in [2.75, 3.05) is 26.7 Å². The highest BCUT2D eigenvalue weighted by Gasteiger charge is 2.51. The smallest absolute Gasteiger partial charge is 0.188 e. The SMILES string of the molecule is CC#Cc1ccc(-c2ccc(C(=O)[C@H]3CC[C@H](CNC(N)=NC)C[C@@]34CC[C@@H](CNCC)C4)s2)s1. The Morgan fingerprint density at radius 1 is 1.11 bits per heavy atom. The lowest BCUT2D eigenvalue weighted by molar-refractivity contribution is 0.0458. The number of rotatable bonds is 8. The Morgan fingerprint density at radius 3 is 2.60 bits per heavy atom. The third kappa shape index (κ3) is 5.99. The summed E-state index contributed by atoms with van der Waals surface area (Å²) < 4.78 is 0. The lowest BCUT2D eigenvalue weighted by atomic mass is 9.60. The van der Waals surface area contributed by atoms with E-state index >= 15 is 0 Å². The van der Waals surface area contributed by atoms with E-state index in [4.69, 9.17) is 5.73 Å². The fourth-order valence-electron chi connectivity index (χ4n) is 6.17. The molecule has 0 radical (unpaired) electrons. The van der Waals surface area contributed by atoms with Crippen LogP contribution in [0.3, 0.4) is 0 Å². The van der Waals surface area contributed by atoms with E-state index in [-0.39, 0.29) is 11.3 Å². The van der Waals surface area contributed by atoms with Crippen LogP contribution in [0.5, 0.6) is 0 Å². The monoisotopic (exact) mass is 510 g/mol. The molecule has 0 unspecified atom stereocenters. The maximum Gasteiger partial charge on any atom is 0.188 e. The molecule has 1 spiro atoms. The molecular weight excluding hydrogens is 472 g/mol. The summed E-state index contributed by atoms with van der Waals surface area (Å²) in [6, 6.07) is 8.36. The molecule has 7 heteroatoms. The van der Waals surface area contributed by atoms with Gasteiger partial charge in [0.25, 0.3) is 0 Å². The van der Waals surface area contributed by atoms with E-state index in [1.54, 1.807) is 29.7 Å². The van der Waals surface area contributed by atoms with Gasteiger partial charge in [-0.25, -0.2) is 0 Å². The molecule has 2 fully saturated rings. The van der Waals surface area contributed by atoms with Crippen molar-refractivity contribution in [3.8, 4) is 21.6 Å². The van der Waals surface area contributed by atoms with Gasteiger partial charge in [-0.2, -0.15) is 0 Å². The second kappa shape index (κ2) is 11.7. The molecule has 0 amide bonds. The lowest BCUT2D eigenvalue weighted by Gasteiger charge is -2.44. The minimum Gasteiger partial charge on any atom is -0.370 e. The first-order chi connectivity index (χ1) is 17.0. The number of hydrogen-bond acceptors (Lipinski definition) is 5. The normalized spacial score (nSPS) is 26.5. The van der Waals surface area contributed by atoms with E-state index in [1.165, 1.54) is 16.2 Å². The van der Waals surface area contributed by atoms with E-state index < -0.39 is 0 Å². The van der Waals surface area contributed by atoms with Gasteiger partial charge in [-0.05, 0) is 100 Å². The Kier molecular flexibility index (Phi) is 8.69. The maximum absolute atomic E-state index is 14.0.